The van der Waals surface area contributed by atoms with E-state index in [2.05, 4.69) is 0 Å². The third-order valence-electron chi connectivity index (χ3n) is 3.43. The van der Waals surface area contributed by atoms with Gasteiger partial charge in [-0.2, -0.15) is 0 Å². The largest absolute Gasteiger partial charge is 0.389 e. The number of nitrogens with zero attached hydrogens (tertiary/aromatic N) is 1. The Bertz CT molecular complexity index is 571. The number of aliphatic hydroxyl groups is 1. The lowest BCUT2D eigenvalue weighted by molar-refractivity contribution is 0.199. The quantitative estimate of drug-likeness (QED) is 0.908. The molecule has 0 bridgehead atoms. The number of hydrogen-bond donors (Lipinski definition) is 1. The second kappa shape index (κ2) is 5.31. The number of hydrogen-bond acceptors (Lipinski definition) is 4. The lowest BCUT2D eigenvalue weighted by Gasteiger charge is -2.35. The fraction of sp³-hybridized carbons (Fsp3) is 0.538. The van der Waals surface area contributed by atoms with E-state index < -0.39 is 15.9 Å². The summed E-state index contributed by atoms with van der Waals surface area (Å²) < 4.78 is 23.1. The summed E-state index contributed by atoms with van der Waals surface area (Å²) in [6.45, 7) is 4.02. The molecule has 1 saturated heterocycles. The molecule has 0 amide bonds. The second-order valence-corrected chi connectivity index (χ2v) is 7.68. The zero-order valence-electron chi connectivity index (χ0n) is 11.0. The summed E-state index contributed by atoms with van der Waals surface area (Å²) >= 11 is 6.24. The van der Waals surface area contributed by atoms with Crippen LogP contribution < -0.4 is 4.90 Å². The maximum atomic E-state index is 11.6. The Balaban J connectivity index is 2.28. The molecule has 1 aromatic carbocycles. The Labute approximate surface area is 118 Å². The number of rotatable bonds is 2. The van der Waals surface area contributed by atoms with Crippen LogP contribution in [-0.2, 0) is 9.84 Å². The molecule has 1 heterocycles. The van der Waals surface area contributed by atoms with Gasteiger partial charge in [0.05, 0.1) is 28.3 Å². The molecule has 1 N–H and O–H groups in total. The molecule has 1 aliphatic rings. The molecule has 0 saturated carbocycles. The Morgan fingerprint density at radius 2 is 2.16 bits per heavy atom. The molecule has 1 aliphatic heterocycles. The summed E-state index contributed by atoms with van der Waals surface area (Å²) in [4.78, 5) is 2.01. The first-order valence-electron chi connectivity index (χ1n) is 6.25. The van der Waals surface area contributed by atoms with E-state index in [-0.39, 0.29) is 17.5 Å². The van der Waals surface area contributed by atoms with Crippen LogP contribution in [0.1, 0.15) is 25.5 Å². The minimum absolute atomic E-state index is 0.0892. The van der Waals surface area contributed by atoms with Crippen LogP contribution in [0.15, 0.2) is 18.2 Å². The monoisotopic (exact) mass is 303 g/mol. The zero-order valence-corrected chi connectivity index (χ0v) is 12.6. The van der Waals surface area contributed by atoms with E-state index >= 15 is 0 Å². The summed E-state index contributed by atoms with van der Waals surface area (Å²) in [6.07, 6.45) is -0.564. The van der Waals surface area contributed by atoms with Crippen molar-refractivity contribution in [3.63, 3.8) is 0 Å². The molecule has 0 radical (unpaired) electrons. The van der Waals surface area contributed by atoms with Crippen molar-refractivity contribution in [2.75, 3.05) is 23.0 Å². The maximum absolute atomic E-state index is 11.6. The van der Waals surface area contributed by atoms with Crippen molar-refractivity contribution in [1.29, 1.82) is 0 Å². The molecule has 4 nitrogen and oxygen atoms in total. The third-order valence-corrected chi connectivity index (χ3v) is 5.53. The molecule has 19 heavy (non-hydrogen) atoms. The fourth-order valence-corrected chi connectivity index (χ4v) is 4.23. The number of sulfone groups is 1. The number of aliphatic hydroxyl groups excluding tert-OH is 1. The lowest BCUT2D eigenvalue weighted by Crippen LogP contribution is -2.47. The maximum Gasteiger partial charge on any atom is 0.154 e. The predicted molar refractivity (Wildman–Crippen MR) is 77.5 cm³/mol. The van der Waals surface area contributed by atoms with Crippen molar-refractivity contribution >= 4 is 27.1 Å². The highest BCUT2D eigenvalue weighted by molar-refractivity contribution is 7.91. The summed E-state index contributed by atoms with van der Waals surface area (Å²) in [7, 11) is -2.93. The molecule has 2 unspecified atom stereocenters. The van der Waals surface area contributed by atoms with E-state index in [0.717, 1.165) is 11.3 Å². The van der Waals surface area contributed by atoms with Crippen LogP contribution in [0.4, 0.5) is 5.69 Å². The van der Waals surface area contributed by atoms with Gasteiger partial charge < -0.3 is 10.0 Å². The summed E-state index contributed by atoms with van der Waals surface area (Å²) in [5.74, 6) is 0.313. The first-order valence-corrected chi connectivity index (χ1v) is 8.44. The number of halogens is 1. The van der Waals surface area contributed by atoms with Crippen LogP contribution in [0.25, 0.3) is 0 Å². The van der Waals surface area contributed by atoms with Gasteiger partial charge in [0.25, 0.3) is 0 Å². The number of anilines is 1. The van der Waals surface area contributed by atoms with E-state index in [1.807, 2.05) is 24.0 Å². The zero-order chi connectivity index (χ0) is 14.2. The first kappa shape index (κ1) is 14.6. The number of benzene rings is 1. The molecule has 0 aromatic heterocycles. The Kier molecular flexibility index (Phi) is 4.08. The average molecular weight is 304 g/mol. The minimum Gasteiger partial charge on any atom is -0.389 e. The highest BCUT2D eigenvalue weighted by Crippen LogP contribution is 2.31. The third kappa shape index (κ3) is 3.22. The molecule has 1 aromatic rings. The van der Waals surface area contributed by atoms with Crippen molar-refractivity contribution in [3.05, 3.63) is 28.8 Å². The molecule has 0 spiro atoms. The van der Waals surface area contributed by atoms with E-state index in [9.17, 15) is 13.5 Å². The van der Waals surface area contributed by atoms with E-state index in [1.54, 1.807) is 13.0 Å². The molecule has 0 aliphatic carbocycles. The topological polar surface area (TPSA) is 57.6 Å². The van der Waals surface area contributed by atoms with Crippen molar-refractivity contribution in [2.24, 2.45) is 0 Å². The average Bonchev–Trinajstić information content (AvgIpc) is 2.29. The van der Waals surface area contributed by atoms with Crippen LogP contribution in [0.5, 0.6) is 0 Å². The van der Waals surface area contributed by atoms with Gasteiger partial charge in [0.1, 0.15) is 0 Å². The summed E-state index contributed by atoms with van der Waals surface area (Å²) in [6, 6.07) is 5.31. The van der Waals surface area contributed by atoms with Crippen molar-refractivity contribution < 1.29 is 13.5 Å². The van der Waals surface area contributed by atoms with Gasteiger partial charge >= 0.3 is 0 Å². The standard InChI is InChI=1S/C13H18ClNO3S/c1-9-8-19(17,18)6-5-15(9)13-4-3-11(10(2)16)7-12(13)14/h3-4,7,9-10,16H,5-6,8H2,1-2H3. The summed E-state index contributed by atoms with van der Waals surface area (Å²) in [5.41, 5.74) is 1.58. The first-order chi connectivity index (χ1) is 8.80. The van der Waals surface area contributed by atoms with Gasteiger partial charge in [0.2, 0.25) is 0 Å². The van der Waals surface area contributed by atoms with Gasteiger partial charge in [-0.05, 0) is 31.5 Å². The minimum atomic E-state index is -2.93. The Hall–Kier alpha value is -0.780. The molecule has 6 heteroatoms. The molecule has 2 atom stereocenters. The van der Waals surface area contributed by atoms with E-state index in [4.69, 9.17) is 11.6 Å². The van der Waals surface area contributed by atoms with Gasteiger partial charge in [-0.3, -0.25) is 0 Å². The van der Waals surface area contributed by atoms with Crippen LogP contribution in [0.3, 0.4) is 0 Å². The van der Waals surface area contributed by atoms with Crippen LogP contribution in [0, 0.1) is 0 Å². The van der Waals surface area contributed by atoms with Gasteiger partial charge in [-0.1, -0.05) is 17.7 Å². The molecule has 2 rings (SSSR count). The van der Waals surface area contributed by atoms with Crippen molar-refractivity contribution in [3.8, 4) is 0 Å². The summed E-state index contributed by atoms with van der Waals surface area (Å²) in [5, 5.41) is 10.1. The molecular weight excluding hydrogens is 286 g/mol. The van der Waals surface area contributed by atoms with Gasteiger partial charge in [-0.15, -0.1) is 0 Å². The Morgan fingerprint density at radius 1 is 1.47 bits per heavy atom. The Morgan fingerprint density at radius 3 is 2.68 bits per heavy atom. The van der Waals surface area contributed by atoms with Crippen LogP contribution >= 0.6 is 11.6 Å². The smallest absolute Gasteiger partial charge is 0.154 e. The normalized spacial score (nSPS) is 24.2. The second-order valence-electron chi connectivity index (χ2n) is 5.04. The van der Waals surface area contributed by atoms with E-state index in [0.29, 0.717) is 11.6 Å². The van der Waals surface area contributed by atoms with Crippen LogP contribution in [0.2, 0.25) is 5.02 Å². The predicted octanol–water partition coefficient (Wildman–Crippen LogP) is 2.02. The molecule has 106 valence electrons. The lowest BCUT2D eigenvalue weighted by atomic mass is 10.1. The highest BCUT2D eigenvalue weighted by atomic mass is 35.5. The van der Waals surface area contributed by atoms with Gasteiger partial charge in [0.15, 0.2) is 9.84 Å². The van der Waals surface area contributed by atoms with Gasteiger partial charge in [-0.25, -0.2) is 8.42 Å². The fourth-order valence-electron chi connectivity index (χ4n) is 2.37. The SMILES string of the molecule is CC(O)c1ccc(N2CCS(=O)(=O)CC2C)c(Cl)c1. The highest BCUT2D eigenvalue weighted by Gasteiger charge is 2.29. The van der Waals surface area contributed by atoms with Crippen molar-refractivity contribution in [2.45, 2.75) is 26.0 Å². The van der Waals surface area contributed by atoms with E-state index in [1.165, 1.54) is 0 Å². The van der Waals surface area contributed by atoms with Crippen LogP contribution in [-0.4, -0.2) is 37.6 Å². The van der Waals surface area contributed by atoms with Gasteiger partial charge in [0, 0.05) is 12.6 Å². The molecular formula is C13H18ClNO3S. The van der Waals surface area contributed by atoms with Crippen molar-refractivity contribution in [1.82, 2.24) is 0 Å². The molecule has 1 fully saturated rings.